The highest BCUT2D eigenvalue weighted by atomic mass is 32.2. The van der Waals surface area contributed by atoms with Crippen LogP contribution in [0.1, 0.15) is 23.2 Å². The molecule has 0 saturated heterocycles. The normalized spacial score (nSPS) is 16.9. The van der Waals surface area contributed by atoms with Crippen molar-refractivity contribution in [3.8, 4) is 0 Å². The Morgan fingerprint density at radius 3 is 2.55 bits per heavy atom. The van der Waals surface area contributed by atoms with Gasteiger partial charge in [0.2, 0.25) is 10.0 Å². The molecule has 1 aromatic rings. The molecule has 0 aliphatic heterocycles. The van der Waals surface area contributed by atoms with E-state index in [1.165, 1.54) is 0 Å². The van der Waals surface area contributed by atoms with Gasteiger partial charge in [-0.2, -0.15) is 0 Å². The highest BCUT2D eigenvalue weighted by molar-refractivity contribution is 7.89. The van der Waals surface area contributed by atoms with Crippen molar-refractivity contribution < 1.29 is 27.8 Å². The molecular formula is C12H14FNO5S. The largest absolute Gasteiger partial charge is 0.478 e. The first-order valence-corrected chi connectivity index (χ1v) is 7.41. The Balaban J connectivity index is 2.21. The number of aliphatic hydroxyl groups is 1. The van der Waals surface area contributed by atoms with E-state index in [2.05, 4.69) is 4.72 Å². The molecule has 0 atom stereocenters. The number of halogens is 1. The smallest absolute Gasteiger partial charge is 0.338 e. The van der Waals surface area contributed by atoms with Crippen LogP contribution in [0.25, 0.3) is 0 Å². The molecule has 0 aromatic heterocycles. The van der Waals surface area contributed by atoms with Crippen molar-refractivity contribution in [1.29, 1.82) is 0 Å². The molecule has 0 heterocycles. The Morgan fingerprint density at radius 2 is 2.05 bits per heavy atom. The number of carboxylic acids is 1. The minimum atomic E-state index is -3.93. The average Bonchev–Trinajstić information content (AvgIpc) is 3.17. The van der Waals surface area contributed by atoms with Gasteiger partial charge in [0, 0.05) is 18.6 Å². The molecule has 0 amide bonds. The topological polar surface area (TPSA) is 104 Å². The fraction of sp³-hybridized carbons (Fsp3) is 0.417. The van der Waals surface area contributed by atoms with Gasteiger partial charge in [0.05, 0.1) is 10.5 Å². The second-order valence-corrected chi connectivity index (χ2v) is 6.70. The van der Waals surface area contributed by atoms with Crippen LogP contribution in [0.2, 0.25) is 0 Å². The summed E-state index contributed by atoms with van der Waals surface area (Å²) in [6.07, 6.45) is 1.46. The van der Waals surface area contributed by atoms with Crippen molar-refractivity contribution in [2.45, 2.75) is 17.7 Å². The maximum atomic E-state index is 13.2. The predicted octanol–water partition coefficient (Wildman–Crippen LogP) is 0.575. The molecule has 3 N–H and O–H groups in total. The number of aliphatic hydroxyl groups excluding tert-OH is 1. The lowest BCUT2D eigenvalue weighted by Gasteiger charge is -2.13. The number of hydrogen-bond donors (Lipinski definition) is 3. The summed E-state index contributed by atoms with van der Waals surface area (Å²) in [5, 5.41) is 17.9. The van der Waals surface area contributed by atoms with Crippen LogP contribution in [0.3, 0.4) is 0 Å². The molecule has 6 nitrogen and oxygen atoms in total. The Labute approximate surface area is 115 Å². The van der Waals surface area contributed by atoms with E-state index in [0.717, 1.165) is 31.0 Å². The van der Waals surface area contributed by atoms with E-state index >= 15 is 0 Å². The lowest BCUT2D eigenvalue weighted by molar-refractivity contribution is 0.0691. The standard InChI is InChI=1S/C12H14FNO5S/c13-10-2-1-8(5-9(10)11(16)17)20(18,19)14-6-12(7-15)3-4-12/h1-2,5,14-15H,3-4,6-7H2,(H,16,17). The SMILES string of the molecule is O=C(O)c1cc(S(=O)(=O)NCC2(CO)CC2)ccc1F. The summed E-state index contributed by atoms with van der Waals surface area (Å²) in [6, 6.07) is 2.58. The number of aromatic carboxylic acids is 1. The molecule has 0 spiro atoms. The van der Waals surface area contributed by atoms with Crippen LogP contribution in [0, 0.1) is 11.2 Å². The Morgan fingerprint density at radius 1 is 1.40 bits per heavy atom. The molecule has 0 radical (unpaired) electrons. The average molecular weight is 303 g/mol. The highest BCUT2D eigenvalue weighted by Crippen LogP contribution is 2.44. The van der Waals surface area contributed by atoms with Gasteiger partial charge in [-0.3, -0.25) is 0 Å². The summed E-state index contributed by atoms with van der Waals surface area (Å²) in [4.78, 5) is 10.5. The van der Waals surface area contributed by atoms with Gasteiger partial charge in [-0.05, 0) is 31.0 Å². The van der Waals surface area contributed by atoms with E-state index in [1.54, 1.807) is 0 Å². The first-order chi connectivity index (χ1) is 9.30. The van der Waals surface area contributed by atoms with Crippen LogP contribution in [-0.2, 0) is 10.0 Å². The maximum Gasteiger partial charge on any atom is 0.338 e. The Hall–Kier alpha value is -1.51. The number of benzene rings is 1. The van der Waals surface area contributed by atoms with E-state index in [1.807, 2.05) is 0 Å². The summed E-state index contributed by atoms with van der Waals surface area (Å²) in [5.41, 5.74) is -1.11. The van der Waals surface area contributed by atoms with Gasteiger partial charge in [-0.15, -0.1) is 0 Å². The summed E-state index contributed by atoms with van der Waals surface area (Å²) >= 11 is 0. The summed E-state index contributed by atoms with van der Waals surface area (Å²) in [5.74, 6) is -2.53. The van der Waals surface area contributed by atoms with Crippen LogP contribution >= 0.6 is 0 Å². The minimum Gasteiger partial charge on any atom is -0.478 e. The van der Waals surface area contributed by atoms with Crippen molar-refractivity contribution in [3.05, 3.63) is 29.6 Å². The molecule has 1 saturated carbocycles. The third kappa shape index (κ3) is 2.97. The number of rotatable bonds is 6. The van der Waals surface area contributed by atoms with Crippen molar-refractivity contribution >= 4 is 16.0 Å². The molecule has 0 bridgehead atoms. The van der Waals surface area contributed by atoms with Crippen LogP contribution in [0.15, 0.2) is 23.1 Å². The third-order valence-electron chi connectivity index (χ3n) is 3.41. The van der Waals surface area contributed by atoms with Gasteiger partial charge in [-0.1, -0.05) is 0 Å². The molecule has 8 heteroatoms. The number of hydrogen-bond acceptors (Lipinski definition) is 4. The second-order valence-electron chi connectivity index (χ2n) is 4.93. The monoisotopic (exact) mass is 303 g/mol. The first kappa shape index (κ1) is 14.9. The van der Waals surface area contributed by atoms with Crippen LogP contribution in [-0.4, -0.2) is 37.8 Å². The Bertz CT molecular complexity index is 639. The van der Waals surface area contributed by atoms with E-state index in [4.69, 9.17) is 10.2 Å². The van der Waals surface area contributed by atoms with E-state index in [-0.39, 0.29) is 18.0 Å². The first-order valence-electron chi connectivity index (χ1n) is 5.93. The zero-order valence-corrected chi connectivity index (χ0v) is 11.3. The lowest BCUT2D eigenvalue weighted by atomic mass is 10.1. The van der Waals surface area contributed by atoms with Crippen LogP contribution < -0.4 is 4.72 Å². The van der Waals surface area contributed by atoms with Gasteiger partial charge in [0.15, 0.2) is 0 Å². The second kappa shape index (κ2) is 5.12. The van der Waals surface area contributed by atoms with Gasteiger partial charge in [-0.25, -0.2) is 22.3 Å². The summed E-state index contributed by atoms with van der Waals surface area (Å²) < 4.78 is 39.5. The molecule has 1 fully saturated rings. The van der Waals surface area contributed by atoms with Crippen molar-refractivity contribution in [2.75, 3.05) is 13.2 Å². The molecule has 2 rings (SSSR count). The molecule has 1 aliphatic rings. The molecule has 110 valence electrons. The minimum absolute atomic E-state index is 0.0750. The van der Waals surface area contributed by atoms with E-state index in [9.17, 15) is 17.6 Å². The summed E-state index contributed by atoms with van der Waals surface area (Å²) in [6.45, 7) is -0.0368. The Kier molecular flexibility index (Phi) is 3.81. The quantitative estimate of drug-likeness (QED) is 0.713. The third-order valence-corrected chi connectivity index (χ3v) is 4.81. The van der Waals surface area contributed by atoms with Gasteiger partial charge in [0.25, 0.3) is 0 Å². The highest BCUT2D eigenvalue weighted by Gasteiger charge is 2.42. The maximum absolute atomic E-state index is 13.2. The van der Waals surface area contributed by atoms with E-state index in [0.29, 0.717) is 0 Å². The summed E-state index contributed by atoms with van der Waals surface area (Å²) in [7, 11) is -3.93. The van der Waals surface area contributed by atoms with E-state index < -0.39 is 32.8 Å². The fourth-order valence-electron chi connectivity index (χ4n) is 1.73. The molecular weight excluding hydrogens is 289 g/mol. The van der Waals surface area contributed by atoms with Crippen LogP contribution in [0.4, 0.5) is 4.39 Å². The van der Waals surface area contributed by atoms with Gasteiger partial charge >= 0.3 is 5.97 Å². The van der Waals surface area contributed by atoms with Crippen molar-refractivity contribution in [2.24, 2.45) is 5.41 Å². The van der Waals surface area contributed by atoms with Crippen LogP contribution in [0.5, 0.6) is 0 Å². The predicted molar refractivity (Wildman–Crippen MR) is 67.3 cm³/mol. The molecule has 1 aliphatic carbocycles. The van der Waals surface area contributed by atoms with Crippen molar-refractivity contribution in [3.63, 3.8) is 0 Å². The lowest BCUT2D eigenvalue weighted by Crippen LogP contribution is -2.32. The fourth-order valence-corrected chi connectivity index (χ4v) is 2.92. The zero-order valence-electron chi connectivity index (χ0n) is 10.5. The number of nitrogens with one attached hydrogen (secondary N) is 1. The van der Waals surface area contributed by atoms with Gasteiger partial charge < -0.3 is 10.2 Å². The van der Waals surface area contributed by atoms with Crippen molar-refractivity contribution in [1.82, 2.24) is 4.72 Å². The number of carbonyl (C=O) groups is 1. The zero-order chi connectivity index (χ0) is 15.0. The molecule has 0 unspecified atom stereocenters. The molecule has 20 heavy (non-hydrogen) atoms. The van der Waals surface area contributed by atoms with Gasteiger partial charge in [0.1, 0.15) is 5.82 Å². The number of carboxylic acid groups (broad SMARTS) is 1. The number of sulfonamides is 1. The molecule has 1 aromatic carbocycles.